The van der Waals surface area contributed by atoms with Gasteiger partial charge in [-0.2, -0.15) is 0 Å². The molecule has 0 aliphatic carbocycles. The average Bonchev–Trinajstić information content (AvgIpc) is 3.30. The first-order valence-electron chi connectivity index (χ1n) is 11.2. The Morgan fingerprint density at radius 1 is 1.26 bits per heavy atom. The van der Waals surface area contributed by atoms with Crippen molar-refractivity contribution in [1.29, 1.82) is 0 Å². The van der Waals surface area contributed by atoms with E-state index in [1.165, 1.54) is 6.21 Å². The topological polar surface area (TPSA) is 118 Å². The molecule has 35 heavy (non-hydrogen) atoms. The summed E-state index contributed by atoms with van der Waals surface area (Å²) in [5.74, 6) is 1.40. The first-order valence-corrected chi connectivity index (χ1v) is 11.2. The van der Waals surface area contributed by atoms with Gasteiger partial charge in [-0.1, -0.05) is 17.7 Å². The number of nitrogens with zero attached hydrogens (tertiary/aromatic N) is 3. The van der Waals surface area contributed by atoms with E-state index in [1.807, 2.05) is 32.2 Å². The molecule has 0 spiro atoms. The quantitative estimate of drug-likeness (QED) is 0.538. The highest BCUT2D eigenvalue weighted by Crippen LogP contribution is 2.49. The molecule has 1 aromatic heterocycles. The predicted molar refractivity (Wildman–Crippen MR) is 130 cm³/mol. The summed E-state index contributed by atoms with van der Waals surface area (Å²) in [5, 5.41) is 10.8. The van der Waals surface area contributed by atoms with Crippen LogP contribution in [0.15, 0.2) is 44.9 Å². The number of hydrogen-bond acceptors (Lipinski definition) is 8. The number of fused-ring (bicyclic) bond motifs is 2. The number of aliphatic imine (C=N–C) groups is 1. The molecule has 0 fully saturated rings. The maximum absolute atomic E-state index is 12.5. The molecule has 2 aliphatic heterocycles. The minimum atomic E-state index is -0.727. The molecular formula is C25H26N4O6. The zero-order valence-corrected chi connectivity index (χ0v) is 19.7. The summed E-state index contributed by atoms with van der Waals surface area (Å²) >= 11 is 0. The normalized spacial score (nSPS) is 17.1. The van der Waals surface area contributed by atoms with E-state index in [9.17, 15) is 14.7 Å². The van der Waals surface area contributed by atoms with E-state index in [1.54, 1.807) is 19.2 Å². The minimum absolute atomic E-state index is 0.0958. The van der Waals surface area contributed by atoms with Crippen LogP contribution in [0.3, 0.4) is 0 Å². The van der Waals surface area contributed by atoms with Crippen molar-refractivity contribution in [2.45, 2.75) is 19.4 Å². The summed E-state index contributed by atoms with van der Waals surface area (Å²) in [5.41, 5.74) is 1.96. The lowest BCUT2D eigenvalue weighted by atomic mass is 9.91. The fourth-order valence-electron chi connectivity index (χ4n) is 4.59. The molecule has 0 saturated carbocycles. The first kappa shape index (κ1) is 22.7. The van der Waals surface area contributed by atoms with Crippen molar-refractivity contribution in [3.8, 4) is 28.8 Å². The SMILES string of the molecule is COc1c2c(cc3c1[C@H](CN=Cc1c(O)n(-c4ccc(C)cc4)c(=O)[nH]c1=O)N(C)CC3)OCO2. The average molecular weight is 479 g/mol. The second-order valence-electron chi connectivity index (χ2n) is 8.62. The molecule has 5 rings (SSSR count). The van der Waals surface area contributed by atoms with E-state index in [0.717, 1.165) is 34.2 Å². The van der Waals surface area contributed by atoms with Gasteiger partial charge in [0.1, 0.15) is 5.56 Å². The Morgan fingerprint density at radius 2 is 2.03 bits per heavy atom. The maximum atomic E-state index is 12.5. The van der Waals surface area contributed by atoms with E-state index in [-0.39, 0.29) is 18.4 Å². The highest BCUT2D eigenvalue weighted by Gasteiger charge is 2.33. The Hall–Kier alpha value is -4.05. The van der Waals surface area contributed by atoms with Crippen LogP contribution in [0.5, 0.6) is 23.1 Å². The van der Waals surface area contributed by atoms with E-state index in [0.29, 0.717) is 29.5 Å². The molecule has 0 unspecified atom stereocenters. The monoisotopic (exact) mass is 478 g/mol. The molecule has 0 radical (unpaired) electrons. The lowest BCUT2D eigenvalue weighted by Gasteiger charge is -2.35. The molecule has 2 N–H and O–H groups in total. The predicted octanol–water partition coefficient (Wildman–Crippen LogP) is 1.93. The summed E-state index contributed by atoms with van der Waals surface area (Å²) in [4.78, 5) is 33.8. The third-order valence-electron chi connectivity index (χ3n) is 6.46. The van der Waals surface area contributed by atoms with Crippen molar-refractivity contribution in [2.24, 2.45) is 4.99 Å². The molecule has 0 amide bonds. The molecule has 3 aromatic rings. The Morgan fingerprint density at radius 3 is 2.77 bits per heavy atom. The molecule has 0 bridgehead atoms. The fourth-order valence-corrected chi connectivity index (χ4v) is 4.59. The summed E-state index contributed by atoms with van der Waals surface area (Å²) in [6.07, 6.45) is 2.13. The molecule has 1 atom stereocenters. The van der Waals surface area contributed by atoms with Crippen molar-refractivity contribution in [2.75, 3.05) is 34.0 Å². The van der Waals surface area contributed by atoms with Crippen molar-refractivity contribution in [3.63, 3.8) is 0 Å². The van der Waals surface area contributed by atoms with Crippen LogP contribution in [-0.2, 0) is 6.42 Å². The number of aryl methyl sites for hydroxylation is 1. The van der Waals surface area contributed by atoms with Crippen molar-refractivity contribution in [1.82, 2.24) is 14.5 Å². The number of H-pyrrole nitrogens is 1. The molecule has 2 aromatic carbocycles. The van der Waals surface area contributed by atoms with E-state index in [4.69, 9.17) is 14.2 Å². The minimum Gasteiger partial charge on any atom is -0.493 e. The van der Waals surface area contributed by atoms with Crippen LogP contribution in [0.4, 0.5) is 0 Å². The largest absolute Gasteiger partial charge is 0.493 e. The van der Waals surface area contributed by atoms with Crippen LogP contribution in [0.25, 0.3) is 5.69 Å². The van der Waals surface area contributed by atoms with Gasteiger partial charge in [0.2, 0.25) is 18.4 Å². The van der Waals surface area contributed by atoms with Gasteiger partial charge in [-0.25, -0.2) is 9.36 Å². The van der Waals surface area contributed by atoms with Crippen LogP contribution in [0.2, 0.25) is 0 Å². The van der Waals surface area contributed by atoms with Crippen molar-refractivity contribution in [3.05, 3.63) is 73.4 Å². The van der Waals surface area contributed by atoms with E-state index in [2.05, 4.69) is 14.9 Å². The van der Waals surface area contributed by atoms with Crippen LogP contribution >= 0.6 is 0 Å². The van der Waals surface area contributed by atoms with Gasteiger partial charge in [-0.3, -0.25) is 19.7 Å². The zero-order valence-electron chi connectivity index (χ0n) is 19.7. The van der Waals surface area contributed by atoms with E-state index >= 15 is 0 Å². The van der Waals surface area contributed by atoms with E-state index < -0.39 is 17.1 Å². The van der Waals surface area contributed by atoms with Crippen LogP contribution in [0, 0.1) is 6.92 Å². The number of hydrogen-bond donors (Lipinski definition) is 2. The number of nitrogens with one attached hydrogen (secondary N) is 1. The van der Waals surface area contributed by atoms with Gasteiger partial charge in [-0.15, -0.1) is 0 Å². The summed E-state index contributed by atoms with van der Waals surface area (Å²) < 4.78 is 17.9. The number of aromatic hydroxyl groups is 1. The lowest BCUT2D eigenvalue weighted by Crippen LogP contribution is -2.34. The molecule has 3 heterocycles. The number of benzene rings is 2. The Labute approximate surface area is 201 Å². The van der Waals surface area contributed by atoms with Crippen molar-refractivity contribution < 1.29 is 19.3 Å². The highest BCUT2D eigenvalue weighted by molar-refractivity contribution is 5.82. The van der Waals surface area contributed by atoms with Gasteiger partial charge < -0.3 is 19.3 Å². The van der Waals surface area contributed by atoms with Gasteiger partial charge in [0.05, 0.1) is 25.4 Å². The maximum Gasteiger partial charge on any atom is 0.335 e. The van der Waals surface area contributed by atoms with Gasteiger partial charge in [0.25, 0.3) is 5.56 Å². The van der Waals surface area contributed by atoms with Crippen LogP contribution in [0.1, 0.15) is 28.3 Å². The second-order valence-corrected chi connectivity index (χ2v) is 8.62. The zero-order chi connectivity index (χ0) is 24.7. The van der Waals surface area contributed by atoms with Gasteiger partial charge in [0.15, 0.2) is 11.5 Å². The molecule has 10 nitrogen and oxygen atoms in total. The van der Waals surface area contributed by atoms with Crippen molar-refractivity contribution >= 4 is 6.21 Å². The smallest absolute Gasteiger partial charge is 0.335 e. The molecular weight excluding hydrogens is 452 g/mol. The Bertz CT molecular complexity index is 1420. The summed E-state index contributed by atoms with van der Waals surface area (Å²) in [6.45, 7) is 3.16. The number of methoxy groups -OCH3 is 1. The Balaban J connectivity index is 1.50. The molecule has 10 heteroatoms. The molecule has 0 saturated heterocycles. The first-order chi connectivity index (χ1) is 16.9. The van der Waals surface area contributed by atoms with Gasteiger partial charge in [0, 0.05) is 18.3 Å². The van der Waals surface area contributed by atoms with Gasteiger partial charge >= 0.3 is 5.69 Å². The highest BCUT2D eigenvalue weighted by atomic mass is 16.7. The Kier molecular flexibility index (Phi) is 5.81. The van der Waals surface area contributed by atoms with Gasteiger partial charge in [-0.05, 0) is 44.2 Å². The third kappa shape index (κ3) is 3.95. The van der Waals surface area contributed by atoms with Crippen LogP contribution in [-0.4, -0.2) is 59.8 Å². The number of aromatic amines is 1. The summed E-state index contributed by atoms with van der Waals surface area (Å²) in [7, 11) is 3.59. The molecule has 2 aliphatic rings. The summed E-state index contributed by atoms with van der Waals surface area (Å²) in [6, 6.07) is 8.85. The number of likely N-dealkylation sites (N-methyl/N-ethyl adjacent to an activating group) is 1. The number of aromatic nitrogens is 2. The lowest BCUT2D eigenvalue weighted by molar-refractivity contribution is 0.170. The van der Waals surface area contributed by atoms with Crippen LogP contribution < -0.4 is 25.5 Å². The standard InChI is InChI=1S/C25H26N4O6/c1-14-4-6-16(7-5-14)29-24(31)17(23(30)27-25(29)32)11-26-12-18-20-15(8-9-28(18)2)10-19-21(22(20)33-3)35-13-34-19/h4-7,10-11,18,31H,8-9,12-13H2,1-3H3,(H,27,30,32)/t18-/m0/s1. The third-order valence-corrected chi connectivity index (χ3v) is 6.46. The number of ether oxygens (including phenoxy) is 3. The number of rotatable bonds is 5. The molecule has 182 valence electrons. The fraction of sp³-hybridized carbons (Fsp3) is 0.320. The second kappa shape index (κ2) is 8.95.